The van der Waals surface area contributed by atoms with Gasteiger partial charge in [-0.25, -0.2) is 13.1 Å². The Morgan fingerprint density at radius 2 is 1.46 bits per heavy atom. The van der Waals surface area contributed by atoms with Crippen molar-refractivity contribution in [3.8, 4) is 11.1 Å². The Hall–Kier alpha value is -4.47. The van der Waals surface area contributed by atoms with Gasteiger partial charge in [-0.3, -0.25) is 9.59 Å². The number of rotatable bonds is 8. The lowest BCUT2D eigenvalue weighted by Crippen LogP contribution is -2.31. The summed E-state index contributed by atoms with van der Waals surface area (Å²) < 4.78 is 27.0. The summed E-state index contributed by atoms with van der Waals surface area (Å²) in [6.07, 6.45) is 2.40. The number of aliphatic imine (C=N–C) groups is 1. The Balaban J connectivity index is 1.13. The van der Waals surface area contributed by atoms with Crippen molar-refractivity contribution in [2.75, 3.05) is 5.32 Å². The maximum Gasteiger partial charge on any atom is 0.285 e. The molecule has 41 heavy (non-hydrogen) atoms. The second-order valence-corrected chi connectivity index (χ2v) is 12.2. The van der Waals surface area contributed by atoms with Gasteiger partial charge in [0.05, 0.1) is 16.2 Å². The van der Waals surface area contributed by atoms with Gasteiger partial charge in [-0.15, -0.1) is 0 Å². The average molecular weight is 582 g/mol. The predicted octanol–water partition coefficient (Wildman–Crippen LogP) is 5.88. The predicted molar refractivity (Wildman–Crippen MR) is 164 cm³/mol. The third kappa shape index (κ3) is 7.39. The van der Waals surface area contributed by atoms with E-state index in [1.807, 2.05) is 31.2 Å². The van der Waals surface area contributed by atoms with Crippen LogP contribution in [0.4, 0.5) is 5.69 Å². The zero-order valence-electron chi connectivity index (χ0n) is 22.2. The van der Waals surface area contributed by atoms with Crippen LogP contribution in [0.2, 0.25) is 0 Å². The molecule has 0 fully saturated rings. The van der Waals surface area contributed by atoms with Gasteiger partial charge in [-0.2, -0.15) is 4.99 Å². The van der Waals surface area contributed by atoms with Crippen LogP contribution in [0, 0.1) is 6.92 Å². The molecule has 0 saturated heterocycles. The number of aryl methyl sites for hydroxylation is 1. The van der Waals surface area contributed by atoms with E-state index in [1.165, 1.54) is 23.9 Å². The number of carbonyl (C=O) groups is 2. The average Bonchev–Trinajstić information content (AvgIpc) is 3.32. The number of nitrogens with zero attached hydrogens (tertiary/aromatic N) is 1. The SMILES string of the molecule is Cc1ccc(S(=O)(=O)NC(=O)Cc2ccc(NC3=NC(=O)C(=CCc4ccc(-c5ccccc5)cc4)S3)cc2)cc1. The molecular formula is C32H27N3O4S2. The second-order valence-electron chi connectivity index (χ2n) is 9.50. The largest absolute Gasteiger partial charge is 0.334 e. The Labute approximate surface area is 243 Å². The highest BCUT2D eigenvalue weighted by Gasteiger charge is 2.22. The molecule has 4 aromatic rings. The number of amidine groups is 1. The molecule has 4 aromatic carbocycles. The van der Waals surface area contributed by atoms with E-state index in [-0.39, 0.29) is 17.2 Å². The maximum atomic E-state index is 12.4. The van der Waals surface area contributed by atoms with Crippen LogP contribution in [0.5, 0.6) is 0 Å². The molecule has 0 aromatic heterocycles. The lowest BCUT2D eigenvalue weighted by Gasteiger charge is -2.08. The van der Waals surface area contributed by atoms with E-state index in [1.54, 1.807) is 36.4 Å². The lowest BCUT2D eigenvalue weighted by atomic mass is 10.0. The number of nitrogens with one attached hydrogen (secondary N) is 2. The van der Waals surface area contributed by atoms with Crippen molar-refractivity contribution < 1.29 is 18.0 Å². The fraction of sp³-hybridized carbons (Fsp3) is 0.0938. The minimum Gasteiger partial charge on any atom is -0.334 e. The number of sulfonamides is 1. The van der Waals surface area contributed by atoms with Gasteiger partial charge in [0.15, 0.2) is 5.17 Å². The van der Waals surface area contributed by atoms with Gasteiger partial charge in [0.1, 0.15) is 0 Å². The number of carbonyl (C=O) groups excluding carboxylic acids is 2. The summed E-state index contributed by atoms with van der Waals surface area (Å²) in [7, 11) is -3.93. The number of thioether (sulfide) groups is 1. The summed E-state index contributed by atoms with van der Waals surface area (Å²) in [5.74, 6) is -0.918. The Bertz CT molecular complexity index is 1730. The number of hydrogen-bond donors (Lipinski definition) is 2. The molecular weight excluding hydrogens is 555 g/mol. The Kier molecular flexibility index (Phi) is 8.47. The van der Waals surface area contributed by atoms with E-state index in [4.69, 9.17) is 0 Å². The minimum absolute atomic E-state index is 0.0368. The Morgan fingerprint density at radius 1 is 0.829 bits per heavy atom. The third-order valence-corrected chi connectivity index (χ3v) is 8.69. The number of amides is 2. The van der Waals surface area contributed by atoms with Crippen LogP contribution in [0.15, 0.2) is 124 Å². The summed E-state index contributed by atoms with van der Waals surface area (Å²) in [6.45, 7) is 1.85. The first kappa shape index (κ1) is 28.1. The van der Waals surface area contributed by atoms with Gasteiger partial charge in [0.2, 0.25) is 5.91 Å². The van der Waals surface area contributed by atoms with E-state index in [0.29, 0.717) is 27.7 Å². The molecule has 2 amide bonds. The van der Waals surface area contributed by atoms with E-state index in [0.717, 1.165) is 22.3 Å². The first-order chi connectivity index (χ1) is 19.7. The third-order valence-electron chi connectivity index (χ3n) is 6.35. The van der Waals surface area contributed by atoms with Crippen LogP contribution in [0.3, 0.4) is 0 Å². The highest BCUT2D eigenvalue weighted by Crippen LogP contribution is 2.28. The van der Waals surface area contributed by atoms with Crippen molar-refractivity contribution in [2.45, 2.75) is 24.7 Å². The van der Waals surface area contributed by atoms with E-state index >= 15 is 0 Å². The van der Waals surface area contributed by atoms with Crippen LogP contribution < -0.4 is 10.0 Å². The molecule has 1 heterocycles. The molecule has 0 bridgehead atoms. The molecule has 0 spiro atoms. The molecule has 0 unspecified atom stereocenters. The van der Waals surface area contributed by atoms with Crippen LogP contribution in [-0.2, 0) is 32.5 Å². The smallest absolute Gasteiger partial charge is 0.285 e. The fourth-order valence-electron chi connectivity index (χ4n) is 4.15. The van der Waals surface area contributed by atoms with Gasteiger partial charge in [0.25, 0.3) is 15.9 Å². The molecule has 0 radical (unpaired) electrons. The van der Waals surface area contributed by atoms with Crippen molar-refractivity contribution in [2.24, 2.45) is 4.99 Å². The number of anilines is 1. The van der Waals surface area contributed by atoms with Gasteiger partial charge < -0.3 is 5.32 Å². The van der Waals surface area contributed by atoms with Crippen LogP contribution in [0.1, 0.15) is 16.7 Å². The van der Waals surface area contributed by atoms with Gasteiger partial charge in [0, 0.05) is 5.69 Å². The molecule has 0 atom stereocenters. The van der Waals surface area contributed by atoms with Gasteiger partial charge in [-0.05, 0) is 71.6 Å². The molecule has 0 saturated carbocycles. The molecule has 5 rings (SSSR count). The van der Waals surface area contributed by atoms with Crippen LogP contribution >= 0.6 is 11.8 Å². The standard InChI is InChI=1S/C32H27N3O4S2/c1-22-7-18-28(19-8-22)41(38,39)35-30(36)21-24-11-16-27(17-12-24)33-32-34-31(37)29(40-32)20-13-23-9-14-26(15-10-23)25-5-3-2-4-6-25/h2-12,14-20H,13,21H2,1H3,(H,35,36)(H,33,34,37). The molecule has 0 aliphatic carbocycles. The number of hydrogen-bond acceptors (Lipinski definition) is 6. The molecule has 2 N–H and O–H groups in total. The summed E-state index contributed by atoms with van der Waals surface area (Å²) in [4.78, 5) is 29.5. The summed E-state index contributed by atoms with van der Waals surface area (Å²) in [5, 5.41) is 3.59. The van der Waals surface area contributed by atoms with Crippen molar-refractivity contribution in [3.05, 3.63) is 131 Å². The molecule has 9 heteroatoms. The fourth-order valence-corrected chi connectivity index (χ4v) is 5.94. The van der Waals surface area contributed by atoms with Crippen molar-refractivity contribution in [3.63, 3.8) is 0 Å². The number of allylic oxidation sites excluding steroid dienone is 1. The summed E-state index contributed by atoms with van der Waals surface area (Å²) >= 11 is 1.27. The first-order valence-corrected chi connectivity index (χ1v) is 15.2. The molecule has 206 valence electrons. The van der Waals surface area contributed by atoms with Crippen molar-refractivity contribution in [1.82, 2.24) is 4.72 Å². The first-order valence-electron chi connectivity index (χ1n) is 12.9. The molecule has 7 nitrogen and oxygen atoms in total. The normalized spacial score (nSPS) is 14.1. The molecule has 1 aliphatic heterocycles. The quantitative estimate of drug-likeness (QED) is 0.252. The van der Waals surface area contributed by atoms with Crippen LogP contribution in [-0.4, -0.2) is 25.4 Å². The lowest BCUT2D eigenvalue weighted by molar-refractivity contribution is -0.118. The highest BCUT2D eigenvalue weighted by molar-refractivity contribution is 8.18. The minimum atomic E-state index is -3.93. The topological polar surface area (TPSA) is 105 Å². The van der Waals surface area contributed by atoms with E-state index < -0.39 is 15.9 Å². The maximum absolute atomic E-state index is 12.4. The van der Waals surface area contributed by atoms with E-state index in [9.17, 15) is 18.0 Å². The zero-order chi connectivity index (χ0) is 28.8. The second kappa shape index (κ2) is 12.4. The monoisotopic (exact) mass is 581 g/mol. The van der Waals surface area contributed by atoms with Gasteiger partial charge >= 0.3 is 0 Å². The number of benzene rings is 4. The Morgan fingerprint density at radius 3 is 2.15 bits per heavy atom. The van der Waals surface area contributed by atoms with E-state index in [2.05, 4.69) is 51.4 Å². The van der Waals surface area contributed by atoms with Crippen LogP contribution in [0.25, 0.3) is 11.1 Å². The van der Waals surface area contributed by atoms with Gasteiger partial charge in [-0.1, -0.05) is 90.5 Å². The molecule has 1 aliphatic rings. The van der Waals surface area contributed by atoms with Crippen molar-refractivity contribution >= 4 is 44.5 Å². The van der Waals surface area contributed by atoms with Crippen molar-refractivity contribution in [1.29, 1.82) is 0 Å². The zero-order valence-corrected chi connectivity index (χ0v) is 23.8. The highest BCUT2D eigenvalue weighted by atomic mass is 32.2. The summed E-state index contributed by atoms with van der Waals surface area (Å²) in [5.41, 5.74) is 5.65. The summed E-state index contributed by atoms with van der Waals surface area (Å²) in [6, 6.07) is 31.6.